The zero-order chi connectivity index (χ0) is 20.4. The van der Waals surface area contributed by atoms with Crippen molar-refractivity contribution < 1.29 is 0 Å². The highest BCUT2D eigenvalue weighted by atomic mass is 127. The minimum absolute atomic E-state index is 0. The molecule has 1 aromatic carbocycles. The molecule has 30 heavy (non-hydrogen) atoms. The first-order chi connectivity index (χ1) is 14.0. The average molecular weight is 521 g/mol. The zero-order valence-electron chi connectivity index (χ0n) is 18.2. The molecule has 0 spiro atoms. The predicted molar refractivity (Wildman–Crippen MR) is 133 cm³/mol. The first-order valence-corrected chi connectivity index (χ1v) is 10.5. The molecule has 0 amide bonds. The first kappa shape index (κ1) is 22.6. The summed E-state index contributed by atoms with van der Waals surface area (Å²) >= 11 is 0. The summed E-state index contributed by atoms with van der Waals surface area (Å²) in [6, 6.07) is 9.04. The molecule has 2 N–H and O–H groups in total. The molecule has 8 heteroatoms. The highest BCUT2D eigenvalue weighted by Crippen LogP contribution is 2.21. The van der Waals surface area contributed by atoms with Gasteiger partial charge in [0.25, 0.3) is 0 Å². The SMILES string of the molecule is CN=C(NCCn1c(C)nc2ccccc21)NC1CCc2cn(C(C)C)nc2C1.I. The van der Waals surface area contributed by atoms with Gasteiger partial charge in [-0.1, -0.05) is 12.1 Å². The summed E-state index contributed by atoms with van der Waals surface area (Å²) in [5.41, 5.74) is 4.84. The minimum Gasteiger partial charge on any atom is -0.355 e. The molecule has 0 fully saturated rings. The van der Waals surface area contributed by atoms with Gasteiger partial charge in [-0.3, -0.25) is 9.67 Å². The third-order valence-electron chi connectivity index (χ3n) is 5.66. The maximum Gasteiger partial charge on any atom is 0.191 e. The quantitative estimate of drug-likeness (QED) is 0.307. The first-order valence-electron chi connectivity index (χ1n) is 10.5. The molecule has 7 nitrogen and oxygen atoms in total. The molecule has 0 saturated heterocycles. The number of imidazole rings is 1. The van der Waals surface area contributed by atoms with Crippen LogP contribution >= 0.6 is 24.0 Å². The molecule has 1 atom stereocenters. The topological polar surface area (TPSA) is 72.1 Å². The lowest BCUT2D eigenvalue weighted by molar-refractivity contribution is 0.498. The van der Waals surface area contributed by atoms with Crippen LogP contribution in [0.1, 0.15) is 43.4 Å². The highest BCUT2D eigenvalue weighted by Gasteiger charge is 2.23. The smallest absolute Gasteiger partial charge is 0.191 e. The van der Waals surface area contributed by atoms with Crippen LogP contribution in [0, 0.1) is 6.92 Å². The fourth-order valence-corrected chi connectivity index (χ4v) is 4.05. The van der Waals surface area contributed by atoms with Crippen molar-refractivity contribution >= 4 is 41.0 Å². The van der Waals surface area contributed by atoms with Crippen LogP contribution in [0.15, 0.2) is 35.5 Å². The van der Waals surface area contributed by atoms with Crippen LogP contribution in [-0.2, 0) is 19.4 Å². The second-order valence-corrected chi connectivity index (χ2v) is 8.06. The van der Waals surface area contributed by atoms with Gasteiger partial charge in [0.2, 0.25) is 0 Å². The van der Waals surface area contributed by atoms with Gasteiger partial charge in [0, 0.05) is 44.8 Å². The monoisotopic (exact) mass is 521 g/mol. The van der Waals surface area contributed by atoms with Crippen molar-refractivity contribution in [3.8, 4) is 0 Å². The lowest BCUT2D eigenvalue weighted by atomic mass is 9.94. The third kappa shape index (κ3) is 4.79. The van der Waals surface area contributed by atoms with E-state index in [9.17, 15) is 0 Å². The van der Waals surface area contributed by atoms with Gasteiger partial charge < -0.3 is 15.2 Å². The van der Waals surface area contributed by atoms with E-state index in [1.54, 1.807) is 0 Å². The van der Waals surface area contributed by atoms with Crippen LogP contribution in [0.3, 0.4) is 0 Å². The Morgan fingerprint density at radius 3 is 2.87 bits per heavy atom. The molecule has 0 bridgehead atoms. The number of benzene rings is 1. The number of hydrogen-bond acceptors (Lipinski definition) is 3. The van der Waals surface area contributed by atoms with Crippen molar-refractivity contribution in [2.45, 2.75) is 58.7 Å². The predicted octanol–water partition coefficient (Wildman–Crippen LogP) is 3.46. The standard InChI is InChI=1S/C22H31N7.HI/c1-15(2)29-14-17-9-10-18(13-20(17)27-29)26-22(23-4)24-11-12-28-16(3)25-19-7-5-6-8-21(19)28;/h5-8,14-15,18H,9-13H2,1-4H3,(H2,23,24,26);1H. The summed E-state index contributed by atoms with van der Waals surface area (Å²) in [6.07, 6.45) is 5.32. The van der Waals surface area contributed by atoms with Gasteiger partial charge in [0.15, 0.2) is 5.96 Å². The van der Waals surface area contributed by atoms with E-state index in [4.69, 9.17) is 5.10 Å². The van der Waals surface area contributed by atoms with E-state index < -0.39 is 0 Å². The number of aryl methyl sites for hydroxylation is 2. The lowest BCUT2D eigenvalue weighted by Gasteiger charge is -2.24. The second kappa shape index (κ2) is 9.80. The van der Waals surface area contributed by atoms with Crippen LogP contribution < -0.4 is 10.6 Å². The molecule has 162 valence electrons. The minimum atomic E-state index is 0. The van der Waals surface area contributed by atoms with E-state index in [1.165, 1.54) is 16.8 Å². The zero-order valence-corrected chi connectivity index (χ0v) is 20.6. The summed E-state index contributed by atoms with van der Waals surface area (Å²) in [6.45, 7) is 8.04. The van der Waals surface area contributed by atoms with E-state index >= 15 is 0 Å². The van der Waals surface area contributed by atoms with Crippen LogP contribution in [0.4, 0.5) is 0 Å². The third-order valence-corrected chi connectivity index (χ3v) is 5.66. The number of nitrogens with one attached hydrogen (secondary N) is 2. The van der Waals surface area contributed by atoms with Gasteiger partial charge in [0.05, 0.1) is 16.7 Å². The van der Waals surface area contributed by atoms with E-state index in [0.717, 1.165) is 49.7 Å². The Labute approximate surface area is 195 Å². The van der Waals surface area contributed by atoms with Crippen LogP contribution in [0.25, 0.3) is 11.0 Å². The lowest BCUT2D eigenvalue weighted by Crippen LogP contribution is -2.46. The Hall–Kier alpha value is -2.10. The fourth-order valence-electron chi connectivity index (χ4n) is 4.05. The number of nitrogens with zero attached hydrogens (tertiary/aromatic N) is 5. The number of aromatic nitrogens is 4. The Balaban J connectivity index is 0.00000256. The van der Waals surface area contributed by atoms with E-state index in [0.29, 0.717) is 12.1 Å². The maximum absolute atomic E-state index is 4.77. The number of guanidine groups is 1. The summed E-state index contributed by atoms with van der Waals surface area (Å²) in [7, 11) is 1.83. The summed E-state index contributed by atoms with van der Waals surface area (Å²) in [5.74, 6) is 1.89. The maximum atomic E-state index is 4.77. The largest absolute Gasteiger partial charge is 0.355 e. The number of hydrogen-bond donors (Lipinski definition) is 2. The average Bonchev–Trinajstić information content (AvgIpc) is 3.28. The van der Waals surface area contributed by atoms with Gasteiger partial charge in [-0.25, -0.2) is 4.98 Å². The summed E-state index contributed by atoms with van der Waals surface area (Å²) in [5, 5.41) is 11.8. The molecule has 1 aliphatic rings. The van der Waals surface area contributed by atoms with Crippen molar-refractivity contribution in [1.29, 1.82) is 0 Å². The Bertz CT molecular complexity index is 1020. The normalized spacial score (nSPS) is 16.4. The molecular formula is C22H32IN7. The molecule has 2 aromatic heterocycles. The number of para-hydroxylation sites is 2. The Morgan fingerprint density at radius 2 is 2.10 bits per heavy atom. The van der Waals surface area contributed by atoms with E-state index in [2.05, 4.69) is 75.0 Å². The molecule has 0 radical (unpaired) electrons. The summed E-state index contributed by atoms with van der Waals surface area (Å²) < 4.78 is 4.33. The molecule has 4 rings (SSSR count). The number of rotatable bonds is 5. The number of fused-ring (bicyclic) bond motifs is 2. The van der Waals surface area contributed by atoms with Crippen molar-refractivity contribution in [3.63, 3.8) is 0 Å². The Kier molecular flexibility index (Phi) is 7.38. The molecule has 1 unspecified atom stereocenters. The second-order valence-electron chi connectivity index (χ2n) is 8.06. The molecular weight excluding hydrogens is 489 g/mol. The van der Waals surface area contributed by atoms with Gasteiger partial charge in [-0.05, 0) is 51.3 Å². The van der Waals surface area contributed by atoms with Crippen LogP contribution in [0.2, 0.25) is 0 Å². The molecule has 3 aromatic rings. The number of halogens is 1. The van der Waals surface area contributed by atoms with Gasteiger partial charge in [-0.2, -0.15) is 5.10 Å². The van der Waals surface area contributed by atoms with Crippen molar-refractivity contribution in [2.24, 2.45) is 4.99 Å². The van der Waals surface area contributed by atoms with E-state index in [-0.39, 0.29) is 24.0 Å². The Morgan fingerprint density at radius 1 is 1.30 bits per heavy atom. The highest BCUT2D eigenvalue weighted by molar-refractivity contribution is 14.0. The van der Waals surface area contributed by atoms with Gasteiger partial charge >= 0.3 is 0 Å². The molecule has 0 saturated carbocycles. The molecule has 1 aliphatic carbocycles. The van der Waals surface area contributed by atoms with Crippen molar-refractivity contribution in [3.05, 3.63) is 47.5 Å². The van der Waals surface area contributed by atoms with Crippen LogP contribution in [-0.4, -0.2) is 44.9 Å². The van der Waals surface area contributed by atoms with Crippen LogP contribution in [0.5, 0.6) is 0 Å². The van der Waals surface area contributed by atoms with Gasteiger partial charge in [-0.15, -0.1) is 24.0 Å². The number of aliphatic imine (C=N–C) groups is 1. The molecule has 0 aliphatic heterocycles. The van der Waals surface area contributed by atoms with Crippen molar-refractivity contribution in [1.82, 2.24) is 30.0 Å². The fraction of sp³-hybridized carbons (Fsp3) is 0.500. The summed E-state index contributed by atoms with van der Waals surface area (Å²) in [4.78, 5) is 9.06. The van der Waals surface area contributed by atoms with Crippen molar-refractivity contribution in [2.75, 3.05) is 13.6 Å². The van der Waals surface area contributed by atoms with Gasteiger partial charge in [0.1, 0.15) is 5.82 Å². The van der Waals surface area contributed by atoms with E-state index in [1.807, 2.05) is 13.1 Å². The molecule has 2 heterocycles.